The fourth-order valence-corrected chi connectivity index (χ4v) is 1.95. The third-order valence-electron chi connectivity index (χ3n) is 3.20. The van der Waals surface area contributed by atoms with Gasteiger partial charge in [0.1, 0.15) is 6.29 Å². The first-order valence-corrected chi connectivity index (χ1v) is 6.56. The molecule has 17 heavy (non-hydrogen) atoms. The maximum absolute atomic E-state index is 10.7. The van der Waals surface area contributed by atoms with E-state index in [1.165, 1.54) is 23.1 Å². The minimum atomic E-state index is 0.119. The fourth-order valence-electron chi connectivity index (χ4n) is 1.95. The van der Waals surface area contributed by atoms with Crippen LogP contribution >= 0.6 is 0 Å². The summed E-state index contributed by atoms with van der Waals surface area (Å²) in [7, 11) is 0. The Labute approximate surface area is 105 Å². The summed E-state index contributed by atoms with van der Waals surface area (Å²) in [5.41, 5.74) is 4.02. The van der Waals surface area contributed by atoms with Crippen LogP contribution in [-0.2, 0) is 17.6 Å². The van der Waals surface area contributed by atoms with E-state index in [2.05, 4.69) is 39.0 Å². The van der Waals surface area contributed by atoms with Gasteiger partial charge >= 0.3 is 0 Å². The van der Waals surface area contributed by atoms with Crippen LogP contribution in [0, 0.1) is 18.8 Å². The van der Waals surface area contributed by atoms with Crippen LogP contribution in [0.25, 0.3) is 0 Å². The molecule has 0 bridgehead atoms. The number of carbonyl (C=O) groups excluding carboxylic acids is 1. The first-order valence-electron chi connectivity index (χ1n) is 6.56. The normalized spacial score (nSPS) is 12.8. The first kappa shape index (κ1) is 14.0. The van der Waals surface area contributed by atoms with Crippen molar-refractivity contribution < 1.29 is 4.79 Å². The highest BCUT2D eigenvalue weighted by molar-refractivity contribution is 5.54. The molecule has 1 heteroatoms. The van der Waals surface area contributed by atoms with Crippen molar-refractivity contribution in [1.29, 1.82) is 0 Å². The Bertz CT molecular complexity index is 366. The third-order valence-corrected chi connectivity index (χ3v) is 3.20. The van der Waals surface area contributed by atoms with Gasteiger partial charge in [0.15, 0.2) is 0 Å². The SMILES string of the molecule is Cc1ccc(CCC(C)C)cc1CC(C)C=O. The van der Waals surface area contributed by atoms with E-state index in [9.17, 15) is 4.79 Å². The Balaban J connectivity index is 2.75. The zero-order chi connectivity index (χ0) is 12.8. The highest BCUT2D eigenvalue weighted by atomic mass is 16.1. The second kappa shape index (κ2) is 6.58. The summed E-state index contributed by atoms with van der Waals surface area (Å²) in [5.74, 6) is 0.864. The van der Waals surface area contributed by atoms with Gasteiger partial charge in [0, 0.05) is 5.92 Å². The monoisotopic (exact) mass is 232 g/mol. The Morgan fingerprint density at radius 1 is 1.24 bits per heavy atom. The molecule has 0 fully saturated rings. The number of hydrogen-bond acceptors (Lipinski definition) is 1. The molecule has 1 unspecified atom stereocenters. The van der Waals surface area contributed by atoms with Crippen molar-refractivity contribution >= 4 is 6.29 Å². The molecule has 94 valence electrons. The van der Waals surface area contributed by atoms with E-state index in [0.29, 0.717) is 0 Å². The topological polar surface area (TPSA) is 17.1 Å². The van der Waals surface area contributed by atoms with Crippen molar-refractivity contribution in [3.8, 4) is 0 Å². The molecule has 0 amide bonds. The molecular formula is C16H24O. The largest absolute Gasteiger partial charge is 0.303 e. The van der Waals surface area contributed by atoms with Crippen LogP contribution in [0.3, 0.4) is 0 Å². The van der Waals surface area contributed by atoms with Crippen molar-refractivity contribution in [2.75, 3.05) is 0 Å². The van der Waals surface area contributed by atoms with Gasteiger partial charge in [0.25, 0.3) is 0 Å². The van der Waals surface area contributed by atoms with E-state index >= 15 is 0 Å². The standard InChI is InChI=1S/C16H24O/c1-12(2)5-7-15-8-6-14(4)16(10-15)9-13(3)11-17/h6,8,10-13H,5,7,9H2,1-4H3. The predicted octanol–water partition coefficient (Wildman–Crippen LogP) is 3.96. The van der Waals surface area contributed by atoms with Gasteiger partial charge < -0.3 is 4.79 Å². The summed E-state index contributed by atoms with van der Waals surface area (Å²) in [5, 5.41) is 0. The van der Waals surface area contributed by atoms with Gasteiger partial charge in [-0.05, 0) is 48.8 Å². The Morgan fingerprint density at radius 3 is 2.53 bits per heavy atom. The molecular weight excluding hydrogens is 208 g/mol. The maximum Gasteiger partial charge on any atom is 0.123 e. The Kier molecular flexibility index (Phi) is 5.40. The van der Waals surface area contributed by atoms with Gasteiger partial charge in [-0.25, -0.2) is 0 Å². The van der Waals surface area contributed by atoms with Gasteiger partial charge in [0.05, 0.1) is 0 Å². The van der Waals surface area contributed by atoms with E-state index < -0.39 is 0 Å². The number of carbonyl (C=O) groups is 1. The third kappa shape index (κ3) is 4.72. The van der Waals surface area contributed by atoms with Crippen LogP contribution in [0.2, 0.25) is 0 Å². The van der Waals surface area contributed by atoms with Crippen LogP contribution in [0.4, 0.5) is 0 Å². The minimum absolute atomic E-state index is 0.119. The lowest BCUT2D eigenvalue weighted by Gasteiger charge is -2.11. The smallest absolute Gasteiger partial charge is 0.123 e. The average Bonchev–Trinajstić information content (AvgIpc) is 2.29. The summed E-state index contributed by atoms with van der Waals surface area (Å²) in [6.07, 6.45) is 4.28. The first-order chi connectivity index (χ1) is 8.02. The summed E-state index contributed by atoms with van der Waals surface area (Å²) in [4.78, 5) is 10.7. The van der Waals surface area contributed by atoms with Crippen molar-refractivity contribution in [3.63, 3.8) is 0 Å². The molecule has 0 aromatic heterocycles. The summed E-state index contributed by atoms with van der Waals surface area (Å²) in [6.45, 7) is 8.61. The van der Waals surface area contributed by atoms with Crippen LogP contribution in [-0.4, -0.2) is 6.29 Å². The highest BCUT2D eigenvalue weighted by Crippen LogP contribution is 2.17. The molecule has 1 aromatic carbocycles. The van der Waals surface area contributed by atoms with Crippen LogP contribution in [0.15, 0.2) is 18.2 Å². The molecule has 0 saturated carbocycles. The van der Waals surface area contributed by atoms with E-state index in [1.54, 1.807) is 0 Å². The zero-order valence-electron chi connectivity index (χ0n) is 11.5. The Morgan fingerprint density at radius 2 is 1.94 bits per heavy atom. The minimum Gasteiger partial charge on any atom is -0.303 e. The second-order valence-corrected chi connectivity index (χ2v) is 5.51. The summed E-state index contributed by atoms with van der Waals surface area (Å²) in [6, 6.07) is 6.67. The van der Waals surface area contributed by atoms with Crippen LogP contribution in [0.5, 0.6) is 0 Å². The predicted molar refractivity (Wildman–Crippen MR) is 73.3 cm³/mol. The molecule has 0 heterocycles. The number of rotatable bonds is 6. The molecule has 0 N–H and O–H groups in total. The van der Waals surface area contributed by atoms with E-state index in [1.807, 2.05) is 6.92 Å². The molecule has 0 aliphatic rings. The number of hydrogen-bond donors (Lipinski definition) is 0. The van der Waals surface area contributed by atoms with Gasteiger partial charge in [0.2, 0.25) is 0 Å². The number of benzene rings is 1. The van der Waals surface area contributed by atoms with Gasteiger partial charge in [-0.15, -0.1) is 0 Å². The van der Waals surface area contributed by atoms with Gasteiger partial charge in [-0.3, -0.25) is 0 Å². The van der Waals surface area contributed by atoms with E-state index in [-0.39, 0.29) is 5.92 Å². The Hall–Kier alpha value is -1.11. The molecule has 0 aliphatic carbocycles. The summed E-state index contributed by atoms with van der Waals surface area (Å²) < 4.78 is 0. The maximum atomic E-state index is 10.7. The molecule has 0 aliphatic heterocycles. The van der Waals surface area contributed by atoms with Crippen molar-refractivity contribution in [2.45, 2.75) is 47.0 Å². The van der Waals surface area contributed by atoms with Gasteiger partial charge in [-0.2, -0.15) is 0 Å². The van der Waals surface area contributed by atoms with E-state index in [0.717, 1.165) is 25.0 Å². The quantitative estimate of drug-likeness (QED) is 0.678. The lowest BCUT2D eigenvalue weighted by atomic mass is 9.94. The molecule has 1 atom stereocenters. The highest BCUT2D eigenvalue weighted by Gasteiger charge is 2.06. The zero-order valence-corrected chi connectivity index (χ0v) is 11.5. The molecule has 0 radical (unpaired) electrons. The second-order valence-electron chi connectivity index (χ2n) is 5.51. The molecule has 1 aromatic rings. The number of aldehydes is 1. The van der Waals surface area contributed by atoms with Gasteiger partial charge in [-0.1, -0.05) is 39.0 Å². The fraction of sp³-hybridized carbons (Fsp3) is 0.562. The van der Waals surface area contributed by atoms with Crippen molar-refractivity contribution in [3.05, 3.63) is 34.9 Å². The lowest BCUT2D eigenvalue weighted by molar-refractivity contribution is -0.110. The summed E-state index contributed by atoms with van der Waals surface area (Å²) >= 11 is 0. The molecule has 1 rings (SSSR count). The number of aryl methyl sites for hydroxylation is 2. The molecule has 0 spiro atoms. The molecule has 1 nitrogen and oxygen atoms in total. The van der Waals surface area contributed by atoms with Crippen molar-refractivity contribution in [1.82, 2.24) is 0 Å². The lowest BCUT2D eigenvalue weighted by Crippen LogP contribution is -2.03. The van der Waals surface area contributed by atoms with Crippen LogP contribution in [0.1, 0.15) is 43.9 Å². The van der Waals surface area contributed by atoms with E-state index in [4.69, 9.17) is 0 Å². The average molecular weight is 232 g/mol. The van der Waals surface area contributed by atoms with Crippen molar-refractivity contribution in [2.24, 2.45) is 11.8 Å². The molecule has 0 saturated heterocycles. The van der Waals surface area contributed by atoms with Crippen LogP contribution < -0.4 is 0 Å².